The quantitative estimate of drug-likeness (QED) is 0.0411. The number of alkyl halides is 1. The molecule has 0 heterocycles. The van der Waals surface area contributed by atoms with E-state index < -0.39 is 84.1 Å². The molecule has 1 aliphatic rings. The van der Waals surface area contributed by atoms with Crippen LogP contribution in [0.25, 0.3) is 0 Å². The number of hydrogen-bond acceptors (Lipinski definition) is 10. The number of rotatable bonds is 18. The van der Waals surface area contributed by atoms with Crippen molar-refractivity contribution in [3.63, 3.8) is 0 Å². The highest BCUT2D eigenvalue weighted by molar-refractivity contribution is 6.21. The Kier molecular flexibility index (Phi) is 18.7. The molecule has 13 heteroatoms. The Hall–Kier alpha value is -3.55. The maximum atomic E-state index is 12.5. The summed E-state index contributed by atoms with van der Waals surface area (Å²) in [6.07, 6.45) is 9.40. The van der Waals surface area contributed by atoms with Gasteiger partial charge in [0.15, 0.2) is 5.78 Å². The van der Waals surface area contributed by atoms with E-state index in [4.69, 9.17) is 31.9 Å². The molecule has 0 aromatic heterocycles. The Morgan fingerprint density at radius 2 is 1.67 bits per heavy atom. The van der Waals surface area contributed by atoms with E-state index in [1.54, 1.807) is 55.5 Å². The van der Waals surface area contributed by atoms with E-state index in [0.717, 1.165) is 5.57 Å². The monoisotopic (exact) mass is 667 g/mol. The van der Waals surface area contributed by atoms with Crippen LogP contribution < -0.4 is 5.73 Å². The van der Waals surface area contributed by atoms with Crippen molar-refractivity contribution in [1.29, 1.82) is 0 Å². The molecule has 0 saturated heterocycles. The molecule has 0 radical (unpaired) electrons. The number of carboxylic acids is 1. The van der Waals surface area contributed by atoms with Gasteiger partial charge in [0.25, 0.3) is 0 Å². The fourth-order valence-corrected chi connectivity index (χ4v) is 4.65. The van der Waals surface area contributed by atoms with E-state index in [9.17, 15) is 39.6 Å². The molecule has 1 saturated carbocycles. The fourth-order valence-electron chi connectivity index (χ4n) is 4.43. The predicted molar refractivity (Wildman–Crippen MR) is 172 cm³/mol. The summed E-state index contributed by atoms with van der Waals surface area (Å²) < 4.78 is 10.1. The first-order chi connectivity index (χ1) is 21.7. The van der Waals surface area contributed by atoms with E-state index in [0.29, 0.717) is 12.8 Å². The van der Waals surface area contributed by atoms with Crippen LogP contribution in [0.5, 0.6) is 0 Å². The number of nitrogens with two attached hydrogens (primary N) is 1. The van der Waals surface area contributed by atoms with Crippen molar-refractivity contribution >= 4 is 35.4 Å². The van der Waals surface area contributed by atoms with Crippen LogP contribution in [0.1, 0.15) is 52.9 Å². The maximum Gasteiger partial charge on any atom is 0.405 e. The average Bonchev–Trinajstić information content (AvgIpc) is 3.00. The minimum Gasteiger partial charge on any atom is -0.481 e. The van der Waals surface area contributed by atoms with Gasteiger partial charge in [-0.15, -0.1) is 11.6 Å². The SMILES string of the molecule is CC/C=C/C(OC(N)=O)C(Cl)C(O)CC(=O)C(O)C(O)C(C)/C=C/C=C/C=C(C)/C=C/C=C/C(=O)OC1CC(C(=O)O)CCC1O. The maximum absolute atomic E-state index is 12.5. The molecular weight excluding hydrogens is 622 g/mol. The zero-order chi connectivity index (χ0) is 34.8. The molecular formula is C33H46ClNO11. The number of carbonyl (C=O) groups excluding carboxylic acids is 3. The van der Waals surface area contributed by atoms with E-state index in [2.05, 4.69) is 0 Å². The molecule has 1 fully saturated rings. The number of ketones is 1. The van der Waals surface area contributed by atoms with Gasteiger partial charge in [0.1, 0.15) is 23.7 Å². The lowest BCUT2D eigenvalue weighted by atomic mass is 9.85. The van der Waals surface area contributed by atoms with Gasteiger partial charge in [0.2, 0.25) is 0 Å². The van der Waals surface area contributed by atoms with Gasteiger partial charge >= 0.3 is 18.0 Å². The minimum absolute atomic E-state index is 0.0683. The van der Waals surface area contributed by atoms with Gasteiger partial charge in [-0.25, -0.2) is 9.59 Å². The Bertz CT molecular complexity index is 1190. The predicted octanol–water partition coefficient (Wildman–Crippen LogP) is 3.03. The van der Waals surface area contributed by atoms with Gasteiger partial charge in [-0.3, -0.25) is 9.59 Å². The van der Waals surface area contributed by atoms with Crippen LogP contribution >= 0.6 is 11.6 Å². The van der Waals surface area contributed by atoms with Crippen molar-refractivity contribution in [1.82, 2.24) is 0 Å². The van der Waals surface area contributed by atoms with Crippen molar-refractivity contribution in [2.24, 2.45) is 17.6 Å². The number of carbonyl (C=O) groups is 4. The number of Topliss-reactive ketones (excluding diaryl/α,β-unsaturated/α-hetero) is 1. The van der Waals surface area contributed by atoms with Crippen LogP contribution in [0.15, 0.2) is 72.4 Å². The van der Waals surface area contributed by atoms with E-state index >= 15 is 0 Å². The third-order valence-corrected chi connectivity index (χ3v) is 7.71. The first-order valence-electron chi connectivity index (χ1n) is 15.0. The van der Waals surface area contributed by atoms with Crippen LogP contribution in [0.4, 0.5) is 4.79 Å². The summed E-state index contributed by atoms with van der Waals surface area (Å²) in [4.78, 5) is 46.9. The molecule has 0 aliphatic heterocycles. The van der Waals surface area contributed by atoms with E-state index in [1.807, 2.05) is 13.8 Å². The number of aliphatic hydroxyl groups is 4. The number of amides is 1. The standard InChI is InChI=1S/C33H46ClNO11/c1-4-5-14-26(46-33(35)44)29(34)24(37)19-25(38)31(41)30(40)21(3)13-8-6-7-11-20(2)12-9-10-15-28(39)45-27-18-22(32(42)43)16-17-23(27)36/h5-15,21-24,26-27,29-31,36-37,40-41H,4,16-19H2,1-3H3,(H2,35,44)(H,42,43)/b7-6+,12-9+,13-8+,14-5+,15-10+,20-11+. The van der Waals surface area contributed by atoms with Crippen LogP contribution in [-0.4, -0.2) is 91.3 Å². The number of carboxylic acid groups (broad SMARTS) is 1. The van der Waals surface area contributed by atoms with Crippen molar-refractivity contribution in [3.05, 3.63) is 72.4 Å². The summed E-state index contributed by atoms with van der Waals surface area (Å²) in [6, 6.07) is 0. The molecule has 9 unspecified atom stereocenters. The van der Waals surface area contributed by atoms with Crippen LogP contribution in [0.2, 0.25) is 0 Å². The van der Waals surface area contributed by atoms with Crippen LogP contribution in [-0.2, 0) is 23.9 Å². The molecule has 0 aromatic carbocycles. The molecule has 46 heavy (non-hydrogen) atoms. The fraction of sp³-hybridized carbons (Fsp3) is 0.515. The Balaban J connectivity index is 2.57. The summed E-state index contributed by atoms with van der Waals surface area (Å²) in [5, 5.41) is 49.1. The number of ether oxygens (including phenoxy) is 2. The molecule has 7 N–H and O–H groups in total. The van der Waals surface area contributed by atoms with Gasteiger partial charge in [-0.05, 0) is 32.3 Å². The highest BCUT2D eigenvalue weighted by atomic mass is 35.5. The zero-order valence-corrected chi connectivity index (χ0v) is 27.0. The Labute approximate surface area is 274 Å². The Morgan fingerprint density at radius 1 is 1.00 bits per heavy atom. The van der Waals surface area contributed by atoms with Gasteiger partial charge in [-0.2, -0.15) is 0 Å². The van der Waals surface area contributed by atoms with Gasteiger partial charge in [0, 0.05) is 24.8 Å². The topological polar surface area (TPSA) is 214 Å². The van der Waals surface area contributed by atoms with Crippen molar-refractivity contribution in [3.8, 4) is 0 Å². The molecule has 0 aromatic rings. The highest BCUT2D eigenvalue weighted by Gasteiger charge is 2.35. The summed E-state index contributed by atoms with van der Waals surface area (Å²) in [7, 11) is 0. The van der Waals surface area contributed by atoms with Gasteiger partial charge in [-0.1, -0.05) is 74.1 Å². The van der Waals surface area contributed by atoms with Crippen molar-refractivity contribution in [2.75, 3.05) is 0 Å². The highest BCUT2D eigenvalue weighted by Crippen LogP contribution is 2.27. The third kappa shape index (κ3) is 15.2. The number of aliphatic carboxylic acids is 1. The average molecular weight is 668 g/mol. The Morgan fingerprint density at radius 3 is 2.30 bits per heavy atom. The molecule has 9 atom stereocenters. The third-order valence-electron chi connectivity index (χ3n) is 7.17. The van der Waals surface area contributed by atoms with Crippen LogP contribution in [0, 0.1) is 11.8 Å². The number of esters is 1. The summed E-state index contributed by atoms with van der Waals surface area (Å²) in [5.74, 6) is -3.79. The summed E-state index contributed by atoms with van der Waals surface area (Å²) >= 11 is 6.18. The van der Waals surface area contributed by atoms with Crippen molar-refractivity contribution < 1.29 is 54.2 Å². The van der Waals surface area contributed by atoms with Gasteiger partial charge < -0.3 is 40.7 Å². The number of primary amides is 1. The second-order valence-electron chi connectivity index (χ2n) is 11.0. The molecule has 1 amide bonds. The van der Waals surface area contributed by atoms with E-state index in [-0.39, 0.29) is 12.8 Å². The first-order valence-corrected chi connectivity index (χ1v) is 15.4. The molecule has 1 aliphatic carbocycles. The first kappa shape index (κ1) is 40.5. The molecule has 256 valence electrons. The molecule has 12 nitrogen and oxygen atoms in total. The number of aliphatic hydroxyl groups excluding tert-OH is 4. The smallest absolute Gasteiger partial charge is 0.405 e. The number of hydrogen-bond donors (Lipinski definition) is 6. The van der Waals surface area contributed by atoms with Gasteiger partial charge in [0.05, 0.1) is 24.2 Å². The lowest BCUT2D eigenvalue weighted by Gasteiger charge is -2.30. The van der Waals surface area contributed by atoms with Crippen molar-refractivity contribution in [2.45, 2.75) is 94.9 Å². The second-order valence-corrected chi connectivity index (χ2v) is 11.5. The number of halogens is 1. The normalized spacial score (nSPS) is 23.5. The number of allylic oxidation sites excluding steroid dienone is 9. The molecule has 0 bridgehead atoms. The lowest BCUT2D eigenvalue weighted by molar-refractivity contribution is -0.159. The molecule has 0 spiro atoms. The largest absolute Gasteiger partial charge is 0.481 e. The zero-order valence-electron chi connectivity index (χ0n) is 26.2. The second kappa shape index (κ2) is 21.3. The van der Waals surface area contributed by atoms with Crippen LogP contribution in [0.3, 0.4) is 0 Å². The van der Waals surface area contributed by atoms with E-state index in [1.165, 1.54) is 18.2 Å². The summed E-state index contributed by atoms with van der Waals surface area (Å²) in [6.45, 7) is 5.25. The minimum atomic E-state index is -1.80. The summed E-state index contributed by atoms with van der Waals surface area (Å²) in [5.41, 5.74) is 5.87. The molecule has 1 rings (SSSR count). The lowest BCUT2D eigenvalue weighted by Crippen LogP contribution is -2.42.